The minimum Gasteiger partial charge on any atom is -0.302 e. The monoisotopic (exact) mass is 230 g/mol. The van der Waals surface area contributed by atoms with Gasteiger partial charge in [-0.05, 0) is 12.1 Å². The van der Waals surface area contributed by atoms with E-state index < -0.39 is 17.6 Å². The van der Waals surface area contributed by atoms with Crippen molar-refractivity contribution in [3.05, 3.63) is 35.1 Å². The van der Waals surface area contributed by atoms with Crippen LogP contribution in [0.2, 0.25) is 0 Å². The number of halogens is 4. The highest BCUT2D eigenvalue weighted by atomic mass is 19.4. The SMILES string of the molecule is O=CCC#Cc1cccc(C(F)(F)F)c1F. The first-order valence-corrected chi connectivity index (χ1v) is 4.25. The van der Waals surface area contributed by atoms with Crippen molar-refractivity contribution in [3.8, 4) is 11.8 Å². The molecule has 0 atom stereocenters. The van der Waals surface area contributed by atoms with E-state index in [9.17, 15) is 22.4 Å². The third-order valence-electron chi connectivity index (χ3n) is 1.71. The highest BCUT2D eigenvalue weighted by molar-refractivity contribution is 5.55. The van der Waals surface area contributed by atoms with Crippen molar-refractivity contribution in [2.24, 2.45) is 0 Å². The van der Waals surface area contributed by atoms with Gasteiger partial charge >= 0.3 is 6.18 Å². The van der Waals surface area contributed by atoms with E-state index in [1.54, 1.807) is 0 Å². The fourth-order valence-electron chi connectivity index (χ4n) is 1.04. The Balaban J connectivity index is 3.16. The average molecular weight is 230 g/mol. The topological polar surface area (TPSA) is 17.1 Å². The number of benzene rings is 1. The van der Waals surface area contributed by atoms with Gasteiger partial charge in [0.1, 0.15) is 6.29 Å². The van der Waals surface area contributed by atoms with Crippen LogP contribution in [0.4, 0.5) is 17.6 Å². The van der Waals surface area contributed by atoms with E-state index >= 15 is 0 Å². The first-order chi connectivity index (χ1) is 7.46. The number of rotatable bonds is 1. The Labute approximate surface area is 89.1 Å². The zero-order valence-corrected chi connectivity index (χ0v) is 7.94. The second-order valence-electron chi connectivity index (χ2n) is 2.84. The minimum atomic E-state index is -4.74. The maximum atomic E-state index is 13.3. The van der Waals surface area contributed by atoms with Gasteiger partial charge in [-0.2, -0.15) is 13.2 Å². The van der Waals surface area contributed by atoms with Crippen LogP contribution >= 0.6 is 0 Å². The van der Waals surface area contributed by atoms with Crippen LogP contribution in [0.5, 0.6) is 0 Å². The lowest BCUT2D eigenvalue weighted by Crippen LogP contribution is -2.08. The fourth-order valence-corrected chi connectivity index (χ4v) is 1.04. The molecule has 0 N–H and O–H groups in total. The molecule has 0 unspecified atom stereocenters. The van der Waals surface area contributed by atoms with Crippen molar-refractivity contribution in [2.45, 2.75) is 12.6 Å². The largest absolute Gasteiger partial charge is 0.419 e. The third kappa shape index (κ3) is 2.83. The molecule has 0 aliphatic heterocycles. The molecule has 1 aromatic carbocycles. The van der Waals surface area contributed by atoms with E-state index in [1.807, 2.05) is 0 Å². The molecule has 1 nitrogen and oxygen atoms in total. The fraction of sp³-hybridized carbons (Fsp3) is 0.182. The summed E-state index contributed by atoms with van der Waals surface area (Å²) >= 11 is 0. The zero-order valence-electron chi connectivity index (χ0n) is 7.94. The first kappa shape index (κ1) is 12.2. The second kappa shape index (κ2) is 4.79. The lowest BCUT2D eigenvalue weighted by Gasteiger charge is -2.08. The molecular weight excluding hydrogens is 224 g/mol. The van der Waals surface area contributed by atoms with Crippen LogP contribution in [0.1, 0.15) is 17.5 Å². The lowest BCUT2D eigenvalue weighted by atomic mass is 10.1. The molecule has 0 fully saturated rings. The summed E-state index contributed by atoms with van der Waals surface area (Å²) < 4.78 is 50.1. The van der Waals surface area contributed by atoms with E-state index in [0.717, 1.165) is 12.1 Å². The Morgan fingerprint density at radius 1 is 1.31 bits per heavy atom. The van der Waals surface area contributed by atoms with E-state index in [0.29, 0.717) is 12.4 Å². The molecule has 1 rings (SSSR count). The van der Waals surface area contributed by atoms with Crippen LogP contribution < -0.4 is 0 Å². The Morgan fingerprint density at radius 3 is 2.56 bits per heavy atom. The summed E-state index contributed by atoms with van der Waals surface area (Å²) in [6, 6.07) is 2.83. The molecule has 84 valence electrons. The number of hydrogen-bond donors (Lipinski definition) is 0. The first-order valence-electron chi connectivity index (χ1n) is 4.25. The standard InChI is InChI=1S/C11H6F4O/c12-10-8(4-1-2-7-16)5-3-6-9(10)11(13,14)15/h3,5-7H,2H2. The smallest absolute Gasteiger partial charge is 0.302 e. The maximum Gasteiger partial charge on any atom is 0.419 e. The van der Waals surface area contributed by atoms with Crippen molar-refractivity contribution >= 4 is 6.29 Å². The van der Waals surface area contributed by atoms with Gasteiger partial charge in [-0.25, -0.2) is 4.39 Å². The number of carbonyl (C=O) groups is 1. The van der Waals surface area contributed by atoms with Gasteiger partial charge in [-0.1, -0.05) is 17.9 Å². The predicted molar refractivity (Wildman–Crippen MR) is 49.0 cm³/mol. The highest BCUT2D eigenvalue weighted by Crippen LogP contribution is 2.32. The van der Waals surface area contributed by atoms with Crippen LogP contribution in [0.3, 0.4) is 0 Å². The number of alkyl halides is 3. The van der Waals surface area contributed by atoms with Crippen LogP contribution in [-0.2, 0) is 11.0 Å². The summed E-state index contributed by atoms with van der Waals surface area (Å²) in [5.41, 5.74) is -1.72. The van der Waals surface area contributed by atoms with Crippen LogP contribution in [0.25, 0.3) is 0 Å². The van der Waals surface area contributed by atoms with E-state index in [2.05, 4.69) is 11.8 Å². The number of aldehydes is 1. The molecule has 0 amide bonds. The normalized spacial score (nSPS) is 10.5. The number of carbonyl (C=O) groups excluding carboxylic acids is 1. The molecule has 5 heteroatoms. The van der Waals surface area contributed by atoms with Gasteiger partial charge in [0.15, 0.2) is 5.82 Å². The molecule has 0 aliphatic carbocycles. The van der Waals surface area contributed by atoms with Crippen molar-refractivity contribution in [2.75, 3.05) is 0 Å². The molecule has 0 bridgehead atoms. The predicted octanol–water partition coefficient (Wildman–Crippen LogP) is 2.79. The Kier molecular flexibility index (Phi) is 3.67. The Bertz CT molecular complexity index is 451. The van der Waals surface area contributed by atoms with Gasteiger partial charge in [0.2, 0.25) is 0 Å². The molecule has 0 radical (unpaired) electrons. The second-order valence-corrected chi connectivity index (χ2v) is 2.84. The Morgan fingerprint density at radius 2 is 2.00 bits per heavy atom. The molecular formula is C11H6F4O. The summed E-state index contributed by atoms with van der Waals surface area (Å²) in [5, 5.41) is 0. The summed E-state index contributed by atoms with van der Waals surface area (Å²) in [5.74, 6) is 3.01. The minimum absolute atomic E-state index is 0.143. The number of hydrogen-bond acceptors (Lipinski definition) is 1. The van der Waals surface area contributed by atoms with E-state index in [1.165, 1.54) is 0 Å². The molecule has 0 saturated carbocycles. The average Bonchev–Trinajstić information content (AvgIpc) is 2.19. The summed E-state index contributed by atoms with van der Waals surface area (Å²) in [6.45, 7) is 0. The summed E-state index contributed by atoms with van der Waals surface area (Å²) in [4.78, 5) is 9.93. The van der Waals surface area contributed by atoms with Gasteiger partial charge in [0, 0.05) is 0 Å². The lowest BCUT2D eigenvalue weighted by molar-refractivity contribution is -0.140. The molecule has 16 heavy (non-hydrogen) atoms. The van der Waals surface area contributed by atoms with Crippen LogP contribution in [-0.4, -0.2) is 6.29 Å². The Hall–Kier alpha value is -1.83. The molecule has 0 aliphatic rings. The van der Waals surface area contributed by atoms with Gasteiger partial charge < -0.3 is 4.79 Å². The highest BCUT2D eigenvalue weighted by Gasteiger charge is 2.34. The quantitative estimate of drug-likeness (QED) is 0.412. The van der Waals surface area contributed by atoms with Gasteiger partial charge in [-0.3, -0.25) is 0 Å². The van der Waals surface area contributed by atoms with Crippen molar-refractivity contribution < 1.29 is 22.4 Å². The van der Waals surface area contributed by atoms with Crippen LogP contribution in [0.15, 0.2) is 18.2 Å². The van der Waals surface area contributed by atoms with Gasteiger partial charge in [-0.15, -0.1) is 0 Å². The zero-order chi connectivity index (χ0) is 12.2. The maximum absolute atomic E-state index is 13.3. The summed E-state index contributed by atoms with van der Waals surface area (Å²) in [6.07, 6.45) is -4.40. The van der Waals surface area contributed by atoms with E-state index in [4.69, 9.17) is 0 Å². The molecule has 0 spiro atoms. The molecule has 1 aromatic rings. The van der Waals surface area contributed by atoms with Gasteiger partial charge in [0.05, 0.1) is 17.5 Å². The van der Waals surface area contributed by atoms with Gasteiger partial charge in [0.25, 0.3) is 0 Å². The molecule has 0 aromatic heterocycles. The van der Waals surface area contributed by atoms with Crippen molar-refractivity contribution in [1.82, 2.24) is 0 Å². The molecule has 0 heterocycles. The third-order valence-corrected chi connectivity index (χ3v) is 1.71. The van der Waals surface area contributed by atoms with Crippen LogP contribution in [0, 0.1) is 17.7 Å². The molecule has 0 saturated heterocycles. The summed E-state index contributed by atoms with van der Waals surface area (Å²) in [7, 11) is 0. The van der Waals surface area contributed by atoms with Crippen molar-refractivity contribution in [3.63, 3.8) is 0 Å². The van der Waals surface area contributed by atoms with E-state index in [-0.39, 0.29) is 12.0 Å². The van der Waals surface area contributed by atoms with Crippen molar-refractivity contribution in [1.29, 1.82) is 0 Å².